The van der Waals surface area contributed by atoms with Crippen LogP contribution in [-0.2, 0) is 4.79 Å². The first-order valence-corrected chi connectivity index (χ1v) is 12.6. The molecule has 0 saturated carbocycles. The number of anilines is 1. The summed E-state index contributed by atoms with van der Waals surface area (Å²) >= 11 is 3.61. The zero-order valence-electron chi connectivity index (χ0n) is 20.4. The molecule has 1 aromatic rings. The van der Waals surface area contributed by atoms with Crippen molar-refractivity contribution in [1.82, 2.24) is 0 Å². The van der Waals surface area contributed by atoms with Gasteiger partial charge < -0.3 is 14.4 Å². The Morgan fingerprint density at radius 3 is 2.80 bits per heavy atom. The van der Waals surface area contributed by atoms with Crippen LogP contribution in [-0.4, -0.2) is 25.0 Å². The van der Waals surface area contributed by atoms with E-state index < -0.39 is 6.04 Å². The number of benzene rings is 1. The number of carbonyl (C=O) groups excluding carboxylic acids is 1. The fourth-order valence-electron chi connectivity index (χ4n) is 4.64. The molecule has 2 aliphatic rings. The van der Waals surface area contributed by atoms with Crippen molar-refractivity contribution in [2.75, 3.05) is 18.1 Å². The molecule has 2 atom stereocenters. The van der Waals surface area contributed by atoms with Gasteiger partial charge in [0.25, 0.3) is 0 Å². The highest BCUT2D eigenvalue weighted by Gasteiger charge is 2.36. The number of azide groups is 1. The number of Topliss-reactive ketones (excluding diaryl/α,β-unsaturated/α-hetero) is 1. The average molecular weight is 540 g/mol. The number of rotatable bonds is 10. The van der Waals surface area contributed by atoms with Gasteiger partial charge in [0.05, 0.1) is 34.5 Å². The van der Waals surface area contributed by atoms with Gasteiger partial charge >= 0.3 is 0 Å². The molecular weight excluding hydrogens is 510 g/mol. The third-order valence-electron chi connectivity index (χ3n) is 6.29. The van der Waals surface area contributed by atoms with E-state index in [1.54, 1.807) is 0 Å². The second kappa shape index (κ2) is 12.0. The maximum atomic E-state index is 13.1. The molecular formula is C26H30BrN5O3. The Balaban J connectivity index is 2.08. The summed E-state index contributed by atoms with van der Waals surface area (Å²) in [6, 6.07) is 5.53. The molecule has 35 heavy (non-hydrogen) atoms. The number of hydrogen-bond donors (Lipinski definition) is 0. The van der Waals surface area contributed by atoms with Crippen LogP contribution >= 0.6 is 15.9 Å². The summed E-state index contributed by atoms with van der Waals surface area (Å²) in [5.74, 6) is 1.41. The van der Waals surface area contributed by atoms with Crippen LogP contribution in [0, 0.1) is 17.2 Å². The summed E-state index contributed by atoms with van der Waals surface area (Å²) in [5, 5.41) is 13.5. The number of ketones is 1. The van der Waals surface area contributed by atoms with Crippen molar-refractivity contribution < 1.29 is 14.3 Å². The average Bonchev–Trinajstić information content (AvgIpc) is 2.82. The van der Waals surface area contributed by atoms with Crippen LogP contribution in [0.25, 0.3) is 10.4 Å². The van der Waals surface area contributed by atoms with E-state index in [0.717, 1.165) is 41.9 Å². The van der Waals surface area contributed by atoms with E-state index in [0.29, 0.717) is 46.9 Å². The van der Waals surface area contributed by atoms with Crippen molar-refractivity contribution in [3.8, 4) is 17.6 Å². The van der Waals surface area contributed by atoms with Gasteiger partial charge in [-0.1, -0.05) is 24.5 Å². The molecule has 0 fully saturated rings. The number of ether oxygens (including phenoxy) is 2. The summed E-state index contributed by atoms with van der Waals surface area (Å²) in [5.41, 5.74) is 12.6. The topological polar surface area (TPSA) is 111 Å². The lowest BCUT2D eigenvalue weighted by atomic mass is 9.79. The Morgan fingerprint density at radius 1 is 1.40 bits per heavy atom. The maximum Gasteiger partial charge on any atom is 0.175 e. The first-order chi connectivity index (χ1) is 16.9. The number of hydrogen-bond acceptors (Lipinski definition) is 6. The van der Waals surface area contributed by atoms with Gasteiger partial charge in [0.15, 0.2) is 17.3 Å². The number of nitriles is 1. The Hall–Kier alpha value is -3.21. The van der Waals surface area contributed by atoms with Crippen LogP contribution in [0.5, 0.6) is 11.5 Å². The van der Waals surface area contributed by atoms with Crippen molar-refractivity contribution in [2.24, 2.45) is 11.0 Å². The van der Waals surface area contributed by atoms with Crippen molar-refractivity contribution in [1.29, 1.82) is 5.26 Å². The second-order valence-corrected chi connectivity index (χ2v) is 9.46. The van der Waals surface area contributed by atoms with E-state index in [4.69, 9.17) is 15.0 Å². The van der Waals surface area contributed by atoms with Crippen LogP contribution in [0.15, 0.2) is 56.9 Å². The lowest BCUT2D eigenvalue weighted by Crippen LogP contribution is -2.34. The molecule has 9 heteroatoms. The fraction of sp³-hybridized carbons (Fsp3) is 0.462. The predicted molar refractivity (Wildman–Crippen MR) is 139 cm³/mol. The minimum absolute atomic E-state index is 0.106. The van der Waals surface area contributed by atoms with Crippen LogP contribution in [0.3, 0.4) is 0 Å². The van der Waals surface area contributed by atoms with Gasteiger partial charge in [0.2, 0.25) is 0 Å². The quantitative estimate of drug-likeness (QED) is 0.136. The summed E-state index contributed by atoms with van der Waals surface area (Å²) in [7, 11) is 0. The van der Waals surface area contributed by atoms with E-state index in [9.17, 15) is 10.1 Å². The SMILES string of the molecule is C=CC(COc1c(Br)cc(N2C(C)=C(C#N)CC3=C2CC(CCC)CC3=O)cc1OCC)N=[N+]=[N-]. The molecule has 1 aliphatic heterocycles. The van der Waals surface area contributed by atoms with Crippen LogP contribution in [0.4, 0.5) is 5.69 Å². The molecule has 0 bridgehead atoms. The number of nitrogens with zero attached hydrogens (tertiary/aromatic N) is 5. The third kappa shape index (κ3) is 5.72. The fourth-order valence-corrected chi connectivity index (χ4v) is 5.18. The molecule has 0 N–H and O–H groups in total. The van der Waals surface area contributed by atoms with Gasteiger partial charge in [-0.2, -0.15) is 5.26 Å². The van der Waals surface area contributed by atoms with Gasteiger partial charge in [0.1, 0.15) is 6.61 Å². The summed E-state index contributed by atoms with van der Waals surface area (Å²) in [6.07, 6.45) is 5.24. The van der Waals surface area contributed by atoms with Crippen molar-refractivity contribution in [2.45, 2.75) is 58.9 Å². The summed E-state index contributed by atoms with van der Waals surface area (Å²) in [4.78, 5) is 17.9. The molecule has 0 amide bonds. The van der Waals surface area contributed by atoms with Crippen LogP contribution in [0.1, 0.15) is 52.9 Å². The normalized spacial score (nSPS) is 18.4. The number of carbonyl (C=O) groups is 1. The second-order valence-electron chi connectivity index (χ2n) is 8.61. The van der Waals surface area contributed by atoms with Crippen molar-refractivity contribution >= 4 is 27.4 Å². The molecule has 0 spiro atoms. The molecule has 0 aromatic heterocycles. The predicted octanol–water partition coefficient (Wildman–Crippen LogP) is 7.13. The van der Waals surface area contributed by atoms with Gasteiger partial charge in [0, 0.05) is 40.8 Å². The number of halogens is 1. The zero-order valence-corrected chi connectivity index (χ0v) is 22.0. The highest BCUT2D eigenvalue weighted by molar-refractivity contribution is 9.10. The summed E-state index contributed by atoms with van der Waals surface area (Å²) < 4.78 is 12.5. The van der Waals surface area contributed by atoms with E-state index in [1.807, 2.05) is 30.9 Å². The Labute approximate surface area is 214 Å². The van der Waals surface area contributed by atoms with E-state index in [1.165, 1.54) is 6.08 Å². The molecule has 184 valence electrons. The van der Waals surface area contributed by atoms with Crippen molar-refractivity contribution in [3.63, 3.8) is 0 Å². The minimum atomic E-state index is -0.525. The van der Waals surface area contributed by atoms with Gasteiger partial charge in [-0.15, -0.1) is 6.58 Å². The highest BCUT2D eigenvalue weighted by atomic mass is 79.9. The van der Waals surface area contributed by atoms with E-state index in [-0.39, 0.29) is 12.4 Å². The zero-order chi connectivity index (χ0) is 25.5. The molecule has 0 saturated heterocycles. The molecule has 1 aliphatic carbocycles. The first-order valence-electron chi connectivity index (χ1n) is 11.8. The molecule has 2 unspecified atom stereocenters. The molecule has 1 aromatic carbocycles. The smallest absolute Gasteiger partial charge is 0.175 e. The van der Waals surface area contributed by atoms with Gasteiger partial charge in [-0.25, -0.2) is 0 Å². The van der Waals surface area contributed by atoms with E-state index in [2.05, 4.69) is 45.5 Å². The standard InChI is InChI=1S/C26H30BrN5O3/c1-5-8-17-9-23-21(24(33)10-17)11-18(14-28)16(4)32(23)20-12-22(27)26(25(13-20)34-7-3)35-15-19(6-2)30-31-29/h6,12-13,17,19H,2,5,7-11,15H2,1,3-4H3. The first kappa shape index (κ1) is 26.4. The minimum Gasteiger partial charge on any atom is -0.490 e. The van der Waals surface area contributed by atoms with Gasteiger partial charge in [-0.3, -0.25) is 4.79 Å². The van der Waals surface area contributed by atoms with Gasteiger partial charge in [-0.05, 0) is 60.1 Å². The third-order valence-corrected chi connectivity index (χ3v) is 6.88. The molecule has 3 rings (SSSR count). The highest BCUT2D eigenvalue weighted by Crippen LogP contribution is 2.46. The van der Waals surface area contributed by atoms with E-state index >= 15 is 0 Å². The Bertz CT molecular complexity index is 1160. The molecule has 8 nitrogen and oxygen atoms in total. The molecule has 0 radical (unpaired) electrons. The largest absolute Gasteiger partial charge is 0.490 e. The maximum absolute atomic E-state index is 13.1. The monoisotopic (exact) mass is 539 g/mol. The van der Waals surface area contributed by atoms with Crippen molar-refractivity contribution in [3.05, 3.63) is 62.2 Å². The lowest BCUT2D eigenvalue weighted by Gasteiger charge is -2.39. The lowest BCUT2D eigenvalue weighted by molar-refractivity contribution is -0.117. The summed E-state index contributed by atoms with van der Waals surface area (Å²) in [6.45, 7) is 10.1. The van der Waals surface area contributed by atoms with Crippen LogP contribution < -0.4 is 14.4 Å². The van der Waals surface area contributed by atoms with Crippen LogP contribution in [0.2, 0.25) is 0 Å². The number of allylic oxidation sites excluding steroid dienone is 4. The molecule has 1 heterocycles. The Morgan fingerprint density at radius 2 is 2.17 bits per heavy atom. The Kier molecular flexibility index (Phi) is 9.02.